The second kappa shape index (κ2) is 9.92. The SMILES string of the molecule is COc1ccc2cc(CN3CCC[C@H]([C@H](NC(=O)C4CCC4)c4ccccn4)C3)ccc2c1. The average molecular weight is 444 g/mol. The molecule has 0 spiro atoms. The predicted molar refractivity (Wildman–Crippen MR) is 131 cm³/mol. The first-order chi connectivity index (χ1) is 16.2. The standard InChI is InChI=1S/C28H33N3O2/c1-33-25-13-12-22-16-20(10-11-23(22)17-25)18-31-15-5-8-24(19-31)27(26-9-2-3-14-29-26)30-28(32)21-6-4-7-21/h2-3,9-14,16-17,21,24,27H,4-8,15,18-19H2,1H3,(H,30,32)/t24-,27-/m0/s1. The number of fused-ring (bicyclic) bond motifs is 1. The summed E-state index contributed by atoms with van der Waals surface area (Å²) in [4.78, 5) is 20.0. The number of likely N-dealkylation sites (tertiary alicyclic amines) is 1. The van der Waals surface area contributed by atoms with Crippen LogP contribution in [0.15, 0.2) is 60.8 Å². The highest BCUT2D eigenvalue weighted by Gasteiger charge is 2.33. The average Bonchev–Trinajstić information content (AvgIpc) is 2.82. The Bertz CT molecular complexity index is 1100. The van der Waals surface area contributed by atoms with E-state index in [0.717, 1.165) is 56.8 Å². The number of methoxy groups -OCH3 is 1. The molecule has 1 aromatic heterocycles. The van der Waals surface area contributed by atoms with Gasteiger partial charge in [0.2, 0.25) is 5.91 Å². The largest absolute Gasteiger partial charge is 0.497 e. The lowest BCUT2D eigenvalue weighted by Crippen LogP contribution is -2.45. The summed E-state index contributed by atoms with van der Waals surface area (Å²) in [5.74, 6) is 1.65. The van der Waals surface area contributed by atoms with Crippen LogP contribution in [0.2, 0.25) is 0 Å². The van der Waals surface area contributed by atoms with E-state index in [2.05, 4.69) is 51.6 Å². The van der Waals surface area contributed by atoms with Gasteiger partial charge in [0, 0.05) is 25.2 Å². The second-order valence-corrected chi connectivity index (χ2v) is 9.55. The molecule has 172 valence electrons. The number of benzene rings is 2. The first-order valence-corrected chi connectivity index (χ1v) is 12.2. The molecule has 1 saturated heterocycles. The van der Waals surface area contributed by atoms with E-state index >= 15 is 0 Å². The van der Waals surface area contributed by atoms with Gasteiger partial charge in [0.25, 0.3) is 0 Å². The highest BCUT2D eigenvalue weighted by molar-refractivity contribution is 5.84. The molecule has 2 aromatic carbocycles. The van der Waals surface area contributed by atoms with Crippen LogP contribution >= 0.6 is 0 Å². The third kappa shape index (κ3) is 5.03. The Morgan fingerprint density at radius 3 is 2.70 bits per heavy atom. The van der Waals surface area contributed by atoms with E-state index in [1.165, 1.54) is 22.8 Å². The van der Waals surface area contributed by atoms with Gasteiger partial charge in [-0.05, 0) is 84.8 Å². The molecule has 0 radical (unpaired) electrons. The molecule has 1 aliphatic heterocycles. The number of ether oxygens (including phenoxy) is 1. The molecular formula is C28H33N3O2. The Balaban J connectivity index is 1.30. The number of piperidine rings is 1. The fourth-order valence-electron chi connectivity index (χ4n) is 5.20. The Morgan fingerprint density at radius 2 is 1.94 bits per heavy atom. The van der Waals surface area contributed by atoms with Crippen LogP contribution in [-0.2, 0) is 11.3 Å². The van der Waals surface area contributed by atoms with Gasteiger partial charge in [-0.25, -0.2) is 0 Å². The Kier molecular flexibility index (Phi) is 6.58. The van der Waals surface area contributed by atoms with E-state index in [-0.39, 0.29) is 17.9 Å². The Labute approximate surface area is 196 Å². The number of amides is 1. The molecule has 1 aliphatic carbocycles. The zero-order valence-electron chi connectivity index (χ0n) is 19.4. The Hall–Kier alpha value is -2.92. The number of nitrogens with zero attached hydrogens (tertiary/aromatic N) is 2. The van der Waals surface area contributed by atoms with Crippen molar-refractivity contribution in [2.45, 2.75) is 44.7 Å². The number of carbonyl (C=O) groups is 1. The summed E-state index contributed by atoms with van der Waals surface area (Å²) in [6.45, 7) is 2.97. The number of pyridine rings is 1. The normalized spacial score (nSPS) is 20.2. The van der Waals surface area contributed by atoms with Crippen molar-refractivity contribution in [3.63, 3.8) is 0 Å². The van der Waals surface area contributed by atoms with Gasteiger partial charge in [0.15, 0.2) is 0 Å². The summed E-state index contributed by atoms with van der Waals surface area (Å²) >= 11 is 0. The number of carbonyl (C=O) groups excluding carboxylic acids is 1. The number of aromatic nitrogens is 1. The van der Waals surface area contributed by atoms with Gasteiger partial charge in [0.05, 0.1) is 18.8 Å². The molecule has 5 rings (SSSR count). The van der Waals surface area contributed by atoms with E-state index in [0.29, 0.717) is 5.92 Å². The number of nitrogens with one attached hydrogen (secondary N) is 1. The van der Waals surface area contributed by atoms with E-state index in [1.807, 2.05) is 24.4 Å². The van der Waals surface area contributed by atoms with Crippen molar-refractivity contribution in [2.75, 3.05) is 20.2 Å². The molecule has 3 aromatic rings. The molecule has 5 heteroatoms. The molecule has 5 nitrogen and oxygen atoms in total. The molecule has 1 N–H and O–H groups in total. The van der Waals surface area contributed by atoms with Crippen molar-refractivity contribution in [2.24, 2.45) is 11.8 Å². The lowest BCUT2D eigenvalue weighted by molar-refractivity contribution is -0.128. The maximum atomic E-state index is 12.8. The zero-order valence-corrected chi connectivity index (χ0v) is 19.4. The maximum Gasteiger partial charge on any atom is 0.223 e. The molecule has 33 heavy (non-hydrogen) atoms. The highest BCUT2D eigenvalue weighted by Crippen LogP contribution is 2.33. The van der Waals surface area contributed by atoms with Crippen LogP contribution in [0.5, 0.6) is 5.75 Å². The molecule has 2 aliphatic rings. The number of rotatable bonds is 7. The van der Waals surface area contributed by atoms with Crippen LogP contribution in [0.25, 0.3) is 10.8 Å². The lowest BCUT2D eigenvalue weighted by Gasteiger charge is -2.38. The summed E-state index contributed by atoms with van der Waals surface area (Å²) in [5, 5.41) is 5.82. The summed E-state index contributed by atoms with van der Waals surface area (Å²) in [7, 11) is 1.70. The molecule has 2 heterocycles. The highest BCUT2D eigenvalue weighted by atomic mass is 16.5. The number of hydrogen-bond donors (Lipinski definition) is 1. The first-order valence-electron chi connectivity index (χ1n) is 12.2. The molecule has 2 atom stereocenters. The topological polar surface area (TPSA) is 54.5 Å². The smallest absolute Gasteiger partial charge is 0.223 e. The lowest BCUT2D eigenvalue weighted by atomic mass is 9.83. The third-order valence-corrected chi connectivity index (χ3v) is 7.31. The zero-order chi connectivity index (χ0) is 22.6. The van der Waals surface area contributed by atoms with Crippen molar-refractivity contribution in [3.8, 4) is 5.75 Å². The monoisotopic (exact) mass is 443 g/mol. The van der Waals surface area contributed by atoms with Crippen LogP contribution in [0, 0.1) is 11.8 Å². The van der Waals surface area contributed by atoms with Gasteiger partial charge in [-0.2, -0.15) is 0 Å². The van der Waals surface area contributed by atoms with E-state index in [1.54, 1.807) is 7.11 Å². The van der Waals surface area contributed by atoms with Gasteiger partial charge >= 0.3 is 0 Å². The molecule has 0 unspecified atom stereocenters. The van der Waals surface area contributed by atoms with Crippen molar-refractivity contribution >= 4 is 16.7 Å². The molecule has 0 bridgehead atoms. The van der Waals surface area contributed by atoms with Crippen LogP contribution in [0.3, 0.4) is 0 Å². The molecule has 1 saturated carbocycles. The van der Waals surface area contributed by atoms with Crippen LogP contribution in [0.1, 0.15) is 49.4 Å². The van der Waals surface area contributed by atoms with Crippen molar-refractivity contribution in [1.82, 2.24) is 15.2 Å². The van der Waals surface area contributed by atoms with Gasteiger partial charge in [-0.1, -0.05) is 30.7 Å². The summed E-state index contributed by atoms with van der Waals surface area (Å²) in [6.07, 6.45) is 7.29. The van der Waals surface area contributed by atoms with Gasteiger partial charge in [-0.15, -0.1) is 0 Å². The quantitative estimate of drug-likeness (QED) is 0.551. The van der Waals surface area contributed by atoms with Crippen molar-refractivity contribution in [1.29, 1.82) is 0 Å². The van der Waals surface area contributed by atoms with Gasteiger partial charge in [-0.3, -0.25) is 14.7 Å². The predicted octanol–water partition coefficient (Wildman–Crippen LogP) is 5.11. The maximum absolute atomic E-state index is 12.8. The minimum atomic E-state index is -0.0221. The fraction of sp³-hybridized carbons (Fsp3) is 0.429. The van der Waals surface area contributed by atoms with Crippen LogP contribution in [-0.4, -0.2) is 36.0 Å². The Morgan fingerprint density at radius 1 is 1.09 bits per heavy atom. The molecular weight excluding hydrogens is 410 g/mol. The van der Waals surface area contributed by atoms with Crippen LogP contribution in [0.4, 0.5) is 0 Å². The second-order valence-electron chi connectivity index (χ2n) is 9.55. The molecule has 2 fully saturated rings. The van der Waals surface area contributed by atoms with Gasteiger partial charge < -0.3 is 10.1 Å². The fourth-order valence-corrected chi connectivity index (χ4v) is 5.20. The van der Waals surface area contributed by atoms with E-state index in [9.17, 15) is 4.79 Å². The minimum Gasteiger partial charge on any atom is -0.497 e. The van der Waals surface area contributed by atoms with Crippen LogP contribution < -0.4 is 10.1 Å². The minimum absolute atomic E-state index is 0.0221. The third-order valence-electron chi connectivity index (χ3n) is 7.31. The summed E-state index contributed by atoms with van der Waals surface area (Å²) in [6, 6.07) is 18.9. The number of hydrogen-bond acceptors (Lipinski definition) is 4. The van der Waals surface area contributed by atoms with Crippen molar-refractivity contribution in [3.05, 3.63) is 72.1 Å². The molecule has 1 amide bonds. The summed E-state index contributed by atoms with van der Waals surface area (Å²) < 4.78 is 5.35. The van der Waals surface area contributed by atoms with Gasteiger partial charge in [0.1, 0.15) is 5.75 Å². The summed E-state index contributed by atoms with van der Waals surface area (Å²) in [5.41, 5.74) is 2.30. The van der Waals surface area contributed by atoms with E-state index < -0.39 is 0 Å². The first kappa shape index (κ1) is 21.9. The van der Waals surface area contributed by atoms with E-state index in [4.69, 9.17) is 4.74 Å². The van der Waals surface area contributed by atoms with Crippen molar-refractivity contribution < 1.29 is 9.53 Å².